The summed E-state index contributed by atoms with van der Waals surface area (Å²) < 4.78 is 45.1. The first-order valence-electron chi connectivity index (χ1n) is 12.2. The number of rotatable bonds is 4. The van der Waals surface area contributed by atoms with E-state index in [1.54, 1.807) is 13.8 Å². The first-order valence-corrected chi connectivity index (χ1v) is 12.2. The van der Waals surface area contributed by atoms with Crippen molar-refractivity contribution in [3.8, 4) is 0 Å². The van der Waals surface area contributed by atoms with E-state index in [-0.39, 0.29) is 37.0 Å². The van der Waals surface area contributed by atoms with E-state index in [0.29, 0.717) is 12.8 Å². The number of carbonyl (C=O) groups is 2. The highest BCUT2D eigenvalue weighted by atomic mass is 19.1. The zero-order valence-corrected chi connectivity index (χ0v) is 19.5. The Morgan fingerprint density at radius 2 is 2.00 bits per heavy atom. The lowest BCUT2D eigenvalue weighted by molar-refractivity contribution is -0.242. The third-order valence-corrected chi connectivity index (χ3v) is 9.90. The summed E-state index contributed by atoms with van der Waals surface area (Å²) in [5.74, 6) is -2.10. The van der Waals surface area contributed by atoms with Crippen molar-refractivity contribution in [3.05, 3.63) is 11.6 Å². The SMILES string of the molecule is CCCC1O[C@@H]2C[C@H]3[C@@H]4CC(F)C5=CC(=O)CC[C@]5(C)[C@@]4(F)[C@@H](O)C[C@]3(C)[C@]2(C(=O)CO)O1. The van der Waals surface area contributed by atoms with Gasteiger partial charge in [0.05, 0.1) is 12.2 Å². The van der Waals surface area contributed by atoms with Crippen LogP contribution in [0.4, 0.5) is 8.78 Å². The summed E-state index contributed by atoms with van der Waals surface area (Å²) >= 11 is 0. The van der Waals surface area contributed by atoms with Gasteiger partial charge in [-0.3, -0.25) is 9.59 Å². The molecule has 2 unspecified atom stereocenters. The lowest BCUT2D eigenvalue weighted by Crippen LogP contribution is -2.71. The maximum absolute atomic E-state index is 17.2. The molecular weight excluding hydrogens is 434 g/mol. The number of allylic oxidation sites excluding steroid dienone is 1. The molecule has 1 saturated heterocycles. The van der Waals surface area contributed by atoms with Crippen molar-refractivity contribution in [1.29, 1.82) is 0 Å². The molecule has 0 spiro atoms. The topological polar surface area (TPSA) is 93.1 Å². The van der Waals surface area contributed by atoms with Crippen LogP contribution in [0.15, 0.2) is 11.6 Å². The molecule has 0 aromatic carbocycles. The van der Waals surface area contributed by atoms with Crippen LogP contribution in [0.5, 0.6) is 0 Å². The second-order valence-corrected chi connectivity index (χ2v) is 11.2. The molecule has 1 aliphatic heterocycles. The van der Waals surface area contributed by atoms with Crippen LogP contribution in [-0.4, -0.2) is 64.3 Å². The molecule has 0 amide bonds. The molecule has 0 aromatic rings. The Hall–Kier alpha value is -1.22. The molecule has 4 aliphatic carbocycles. The van der Waals surface area contributed by atoms with Gasteiger partial charge in [-0.15, -0.1) is 0 Å². The Balaban J connectivity index is 1.61. The van der Waals surface area contributed by atoms with E-state index in [1.165, 1.54) is 6.08 Å². The molecule has 8 heteroatoms. The second-order valence-electron chi connectivity index (χ2n) is 11.2. The third-order valence-electron chi connectivity index (χ3n) is 9.90. The first-order chi connectivity index (χ1) is 15.5. The summed E-state index contributed by atoms with van der Waals surface area (Å²) in [6.07, 6.45) is -1.37. The summed E-state index contributed by atoms with van der Waals surface area (Å²) in [6, 6.07) is 0. The van der Waals surface area contributed by atoms with Gasteiger partial charge in [0.15, 0.2) is 23.5 Å². The van der Waals surface area contributed by atoms with Crippen LogP contribution in [0.2, 0.25) is 0 Å². The Morgan fingerprint density at radius 1 is 1.27 bits per heavy atom. The van der Waals surface area contributed by atoms with Crippen molar-refractivity contribution in [3.63, 3.8) is 0 Å². The fourth-order valence-electron chi connectivity index (χ4n) is 8.36. The Bertz CT molecular complexity index is 907. The van der Waals surface area contributed by atoms with Crippen LogP contribution in [-0.2, 0) is 19.1 Å². The molecule has 3 saturated carbocycles. The number of ether oxygens (including phenoxy) is 2. The Morgan fingerprint density at radius 3 is 2.67 bits per heavy atom. The molecule has 0 bridgehead atoms. The molecule has 2 N–H and O–H groups in total. The molecule has 1 heterocycles. The standard InChI is InChI=1S/C25H34F2O6/c1-4-5-21-32-20-10-14-15-9-17(26)16-8-13(29)6-7-22(16,2)24(15,27)18(30)11-23(14,3)25(20,33-21)19(31)12-28/h8,14-15,17-18,20-21,28,30H,4-7,9-12H2,1-3H3/t14-,15-,17?,18-,20+,21?,22-,23-,24-,25+/m0/s1. The minimum Gasteiger partial charge on any atom is -0.390 e. The monoisotopic (exact) mass is 468 g/mol. The fourth-order valence-corrected chi connectivity index (χ4v) is 8.36. The van der Waals surface area contributed by atoms with E-state index in [0.717, 1.165) is 6.42 Å². The number of aliphatic hydroxyl groups excluding tert-OH is 2. The van der Waals surface area contributed by atoms with E-state index >= 15 is 8.78 Å². The molecule has 0 aromatic heterocycles. The average molecular weight is 469 g/mol. The predicted octanol–water partition coefficient (Wildman–Crippen LogP) is 2.98. The van der Waals surface area contributed by atoms with Gasteiger partial charge in [-0.05, 0) is 49.7 Å². The molecule has 10 atom stereocenters. The van der Waals surface area contributed by atoms with Gasteiger partial charge < -0.3 is 19.7 Å². The summed E-state index contributed by atoms with van der Waals surface area (Å²) in [4.78, 5) is 25.2. The number of hydrogen-bond donors (Lipinski definition) is 2. The van der Waals surface area contributed by atoms with Gasteiger partial charge in [0.1, 0.15) is 18.4 Å². The first kappa shape index (κ1) is 23.5. The minimum atomic E-state index is -2.14. The number of hydrogen-bond acceptors (Lipinski definition) is 6. The van der Waals surface area contributed by atoms with Gasteiger partial charge in [0, 0.05) is 23.2 Å². The summed E-state index contributed by atoms with van der Waals surface area (Å²) in [5, 5.41) is 21.3. The number of Topliss-reactive ketones (excluding diaryl/α,β-unsaturated/α-hetero) is 1. The number of carbonyl (C=O) groups excluding carboxylic acids is 2. The van der Waals surface area contributed by atoms with Crippen molar-refractivity contribution in [2.75, 3.05) is 6.61 Å². The zero-order chi connectivity index (χ0) is 24.0. The number of ketones is 2. The predicted molar refractivity (Wildman–Crippen MR) is 114 cm³/mol. The summed E-state index contributed by atoms with van der Waals surface area (Å²) in [7, 11) is 0. The van der Waals surface area contributed by atoms with Crippen LogP contribution >= 0.6 is 0 Å². The summed E-state index contributed by atoms with van der Waals surface area (Å²) in [6.45, 7) is 4.65. The van der Waals surface area contributed by atoms with Gasteiger partial charge in [0.2, 0.25) is 0 Å². The van der Waals surface area contributed by atoms with Gasteiger partial charge in [0.25, 0.3) is 0 Å². The van der Waals surface area contributed by atoms with Crippen LogP contribution in [0.25, 0.3) is 0 Å². The minimum absolute atomic E-state index is 0.0666. The van der Waals surface area contributed by atoms with E-state index in [2.05, 4.69) is 0 Å². The number of aliphatic hydroxyl groups is 2. The molecule has 4 fully saturated rings. The molecule has 5 aliphatic rings. The molecule has 6 nitrogen and oxygen atoms in total. The smallest absolute Gasteiger partial charge is 0.193 e. The maximum Gasteiger partial charge on any atom is 0.193 e. The highest BCUT2D eigenvalue weighted by Crippen LogP contribution is 2.72. The average Bonchev–Trinajstić information content (AvgIpc) is 3.24. The largest absolute Gasteiger partial charge is 0.390 e. The molecular formula is C25H34F2O6. The Kier molecular flexibility index (Phi) is 5.27. The zero-order valence-electron chi connectivity index (χ0n) is 19.5. The number of halogens is 2. The lowest BCUT2D eigenvalue weighted by atomic mass is 9.43. The van der Waals surface area contributed by atoms with Crippen LogP contribution in [0.1, 0.15) is 65.7 Å². The number of fused-ring (bicyclic) bond motifs is 7. The fraction of sp³-hybridized carbons (Fsp3) is 0.840. The third kappa shape index (κ3) is 2.67. The van der Waals surface area contributed by atoms with Gasteiger partial charge in [-0.1, -0.05) is 27.2 Å². The van der Waals surface area contributed by atoms with Gasteiger partial charge >= 0.3 is 0 Å². The molecule has 0 radical (unpaired) electrons. The summed E-state index contributed by atoms with van der Waals surface area (Å²) in [5.41, 5.74) is -5.82. The van der Waals surface area contributed by atoms with E-state index in [9.17, 15) is 19.8 Å². The highest BCUT2D eigenvalue weighted by Gasteiger charge is 2.80. The van der Waals surface area contributed by atoms with E-state index in [1.807, 2.05) is 6.92 Å². The highest BCUT2D eigenvalue weighted by molar-refractivity contribution is 5.92. The van der Waals surface area contributed by atoms with Crippen molar-refractivity contribution >= 4 is 11.6 Å². The normalized spacial score (nSPS) is 53.1. The quantitative estimate of drug-likeness (QED) is 0.659. The van der Waals surface area contributed by atoms with Gasteiger partial charge in [-0.25, -0.2) is 8.78 Å². The Labute approximate surface area is 192 Å². The lowest BCUT2D eigenvalue weighted by Gasteiger charge is -2.64. The molecule has 33 heavy (non-hydrogen) atoms. The maximum atomic E-state index is 17.2. The number of alkyl halides is 2. The van der Waals surface area contributed by atoms with E-state index in [4.69, 9.17) is 9.47 Å². The second kappa shape index (κ2) is 7.39. The van der Waals surface area contributed by atoms with Crippen molar-refractivity contribution in [2.24, 2.45) is 22.7 Å². The van der Waals surface area contributed by atoms with E-state index < -0.39 is 71.0 Å². The van der Waals surface area contributed by atoms with Crippen LogP contribution in [0.3, 0.4) is 0 Å². The van der Waals surface area contributed by atoms with Crippen LogP contribution in [0, 0.1) is 22.7 Å². The molecule has 184 valence electrons. The van der Waals surface area contributed by atoms with Crippen molar-refractivity contribution < 1.29 is 38.1 Å². The van der Waals surface area contributed by atoms with Crippen LogP contribution < -0.4 is 0 Å². The van der Waals surface area contributed by atoms with Gasteiger partial charge in [-0.2, -0.15) is 0 Å². The van der Waals surface area contributed by atoms with Crippen molar-refractivity contribution in [1.82, 2.24) is 0 Å². The van der Waals surface area contributed by atoms with Crippen molar-refractivity contribution in [2.45, 2.75) is 102 Å². The molecule has 5 rings (SSSR count).